The third-order valence-electron chi connectivity index (χ3n) is 11.6. The van der Waals surface area contributed by atoms with Crippen LogP contribution in [0.15, 0.2) is 139 Å². The Morgan fingerprint density at radius 1 is 0.706 bits per heavy atom. The van der Waals surface area contributed by atoms with Gasteiger partial charge in [0.1, 0.15) is 11.5 Å². The summed E-state index contributed by atoms with van der Waals surface area (Å²) < 4.78 is 2.21. The smallest absolute Gasteiger partial charge is 0.134 e. The van der Waals surface area contributed by atoms with Gasteiger partial charge in [-0.1, -0.05) is 132 Å². The van der Waals surface area contributed by atoms with Crippen LogP contribution in [0.5, 0.6) is 0 Å². The zero-order chi connectivity index (χ0) is 35.1. The van der Waals surface area contributed by atoms with Gasteiger partial charge in [0.25, 0.3) is 0 Å². The average Bonchev–Trinajstić information content (AvgIpc) is 3.50. The SMILES string of the molecule is CCc1ccccc1N(Nc1c(N)n(-c2ccc3c(c2)C(C)(C)c2ccccc2-3)c2ccccc12)c1ccc2c(c1)C(C)(C)C1=C2C=CCC=C1. The van der Waals surface area contributed by atoms with Crippen LogP contribution >= 0.6 is 0 Å². The number of aryl methyl sites for hydroxylation is 1. The summed E-state index contributed by atoms with van der Waals surface area (Å²) in [5, 5.41) is 3.32. The summed E-state index contributed by atoms with van der Waals surface area (Å²) in [6.45, 7) is 11.6. The van der Waals surface area contributed by atoms with Crippen LogP contribution in [0.3, 0.4) is 0 Å². The Morgan fingerprint density at radius 2 is 1.41 bits per heavy atom. The van der Waals surface area contributed by atoms with Crippen LogP contribution in [0.1, 0.15) is 68.9 Å². The van der Waals surface area contributed by atoms with E-state index in [2.05, 4.69) is 183 Å². The number of fused-ring (bicyclic) bond motifs is 6. The maximum Gasteiger partial charge on any atom is 0.134 e. The Balaban J connectivity index is 1.20. The number of benzene rings is 5. The molecule has 5 aromatic carbocycles. The number of rotatable bonds is 6. The van der Waals surface area contributed by atoms with Crippen LogP contribution in [0, 0.1) is 0 Å². The first-order valence-corrected chi connectivity index (χ1v) is 18.2. The topological polar surface area (TPSA) is 46.2 Å². The predicted octanol–water partition coefficient (Wildman–Crippen LogP) is 11.8. The van der Waals surface area contributed by atoms with Gasteiger partial charge in [0.2, 0.25) is 0 Å². The maximum atomic E-state index is 7.30. The van der Waals surface area contributed by atoms with Gasteiger partial charge in [-0.05, 0) is 99.3 Å². The molecule has 0 saturated heterocycles. The van der Waals surface area contributed by atoms with E-state index < -0.39 is 0 Å². The highest BCUT2D eigenvalue weighted by atomic mass is 15.5. The number of nitrogen functional groups attached to an aromatic ring is 1. The van der Waals surface area contributed by atoms with Crippen LogP contribution in [-0.2, 0) is 17.3 Å². The second-order valence-corrected chi connectivity index (χ2v) is 15.2. The molecule has 0 bridgehead atoms. The van der Waals surface area contributed by atoms with Crippen molar-refractivity contribution in [3.8, 4) is 16.8 Å². The number of anilines is 4. The third-order valence-corrected chi connectivity index (χ3v) is 11.6. The molecule has 51 heavy (non-hydrogen) atoms. The lowest BCUT2D eigenvalue weighted by Gasteiger charge is -2.30. The molecule has 0 atom stereocenters. The molecule has 4 nitrogen and oxygen atoms in total. The number of nitrogens with zero attached hydrogens (tertiary/aromatic N) is 2. The highest BCUT2D eigenvalue weighted by molar-refractivity contribution is 6.02. The van der Waals surface area contributed by atoms with Crippen molar-refractivity contribution in [3.63, 3.8) is 0 Å². The molecule has 9 rings (SSSR count). The molecule has 6 aromatic rings. The molecule has 0 saturated carbocycles. The Kier molecular flexibility index (Phi) is 6.98. The molecule has 252 valence electrons. The summed E-state index contributed by atoms with van der Waals surface area (Å²) in [6.07, 6.45) is 11.0. The van der Waals surface area contributed by atoms with Crippen molar-refractivity contribution in [1.82, 2.24) is 4.57 Å². The first-order chi connectivity index (χ1) is 24.7. The van der Waals surface area contributed by atoms with Gasteiger partial charge >= 0.3 is 0 Å². The zero-order valence-corrected chi connectivity index (χ0v) is 30.1. The first-order valence-electron chi connectivity index (χ1n) is 18.2. The standard InChI is InChI=1S/C47H44N4/c1-6-30-16-10-14-22-42(30)51(32-25-27-36-33-17-8-7-9-20-38(33)47(4,5)41(36)29-32)49-44-37-19-12-15-23-43(37)50(45(44)48)31-24-26-35-34-18-11-13-21-39(34)46(2,3)40(35)28-31/h8-29,49H,6-7,48H2,1-5H3. The van der Waals surface area contributed by atoms with Crippen molar-refractivity contribution in [1.29, 1.82) is 0 Å². The molecule has 0 aliphatic heterocycles. The number of hydrazine groups is 1. The van der Waals surface area contributed by atoms with Crippen molar-refractivity contribution in [3.05, 3.63) is 167 Å². The number of hydrogen-bond acceptors (Lipinski definition) is 3. The normalized spacial score (nSPS) is 16.1. The molecule has 1 heterocycles. The van der Waals surface area contributed by atoms with Crippen LogP contribution < -0.4 is 16.2 Å². The summed E-state index contributed by atoms with van der Waals surface area (Å²) in [6, 6.07) is 39.8. The maximum absolute atomic E-state index is 7.30. The Bertz CT molecular complexity index is 2480. The van der Waals surface area contributed by atoms with E-state index in [1.54, 1.807) is 0 Å². The second kappa shape index (κ2) is 11.4. The number of nitrogens with one attached hydrogen (secondary N) is 1. The lowest BCUT2D eigenvalue weighted by atomic mass is 9.81. The molecule has 1 aromatic heterocycles. The lowest BCUT2D eigenvalue weighted by Crippen LogP contribution is -2.27. The molecular weight excluding hydrogens is 621 g/mol. The summed E-state index contributed by atoms with van der Waals surface area (Å²) in [5.74, 6) is 0.675. The minimum absolute atomic E-state index is 0.110. The molecular formula is C47H44N4. The van der Waals surface area contributed by atoms with Crippen molar-refractivity contribution in [2.24, 2.45) is 0 Å². The molecule has 3 aliphatic rings. The van der Waals surface area contributed by atoms with E-state index in [9.17, 15) is 0 Å². The van der Waals surface area contributed by atoms with Gasteiger partial charge in [-0.2, -0.15) is 0 Å². The number of aromatic nitrogens is 1. The summed E-state index contributed by atoms with van der Waals surface area (Å²) in [5.41, 5.74) is 28.1. The Hall–Kier alpha value is -5.74. The minimum atomic E-state index is -0.127. The van der Waals surface area contributed by atoms with E-state index in [0.29, 0.717) is 5.82 Å². The molecule has 3 N–H and O–H groups in total. The number of allylic oxidation sites excluding steroid dienone is 6. The molecule has 0 fully saturated rings. The summed E-state index contributed by atoms with van der Waals surface area (Å²) in [7, 11) is 0. The van der Waals surface area contributed by atoms with Gasteiger partial charge in [0.05, 0.1) is 16.9 Å². The lowest BCUT2D eigenvalue weighted by molar-refractivity contribution is 0.654. The van der Waals surface area contributed by atoms with Crippen LogP contribution in [-0.4, -0.2) is 4.57 Å². The van der Waals surface area contributed by atoms with Crippen molar-refractivity contribution in [2.45, 2.75) is 58.3 Å². The molecule has 0 spiro atoms. The van der Waals surface area contributed by atoms with E-state index in [1.807, 2.05) is 0 Å². The quantitative estimate of drug-likeness (QED) is 0.174. The molecule has 3 aliphatic carbocycles. The molecule has 0 amide bonds. The largest absolute Gasteiger partial charge is 0.383 e. The van der Waals surface area contributed by atoms with Gasteiger partial charge in [-0.3, -0.25) is 15.0 Å². The third kappa shape index (κ3) is 4.59. The fraction of sp³-hybridized carbons (Fsp3) is 0.191. The Morgan fingerprint density at radius 3 is 2.27 bits per heavy atom. The zero-order valence-electron chi connectivity index (χ0n) is 30.1. The highest BCUT2D eigenvalue weighted by Crippen LogP contribution is 2.51. The van der Waals surface area contributed by atoms with Gasteiger partial charge in [0.15, 0.2) is 0 Å². The predicted molar refractivity (Wildman–Crippen MR) is 216 cm³/mol. The Labute approximate surface area is 301 Å². The van der Waals surface area contributed by atoms with Crippen molar-refractivity contribution < 1.29 is 0 Å². The van der Waals surface area contributed by atoms with Crippen LogP contribution in [0.4, 0.5) is 22.9 Å². The van der Waals surface area contributed by atoms with Gasteiger partial charge in [-0.25, -0.2) is 0 Å². The number of para-hydroxylation sites is 2. The van der Waals surface area contributed by atoms with E-state index in [0.717, 1.165) is 46.5 Å². The fourth-order valence-electron chi connectivity index (χ4n) is 8.87. The van der Waals surface area contributed by atoms with E-state index >= 15 is 0 Å². The first kappa shape index (κ1) is 31.3. The van der Waals surface area contributed by atoms with Crippen molar-refractivity contribution >= 4 is 39.4 Å². The molecule has 0 unspecified atom stereocenters. The van der Waals surface area contributed by atoms with Gasteiger partial charge < -0.3 is 5.73 Å². The number of nitrogens with two attached hydrogens (primary N) is 1. The van der Waals surface area contributed by atoms with Crippen LogP contribution in [0.25, 0.3) is 33.3 Å². The second-order valence-electron chi connectivity index (χ2n) is 15.2. The summed E-state index contributed by atoms with van der Waals surface area (Å²) >= 11 is 0. The van der Waals surface area contributed by atoms with Gasteiger partial charge in [-0.15, -0.1) is 0 Å². The fourth-order valence-corrected chi connectivity index (χ4v) is 8.87. The van der Waals surface area contributed by atoms with E-state index in [1.165, 1.54) is 50.1 Å². The van der Waals surface area contributed by atoms with E-state index in [4.69, 9.17) is 5.73 Å². The molecule has 4 heteroatoms. The average molecular weight is 665 g/mol. The van der Waals surface area contributed by atoms with Crippen LogP contribution in [0.2, 0.25) is 0 Å². The molecule has 0 radical (unpaired) electrons. The van der Waals surface area contributed by atoms with Crippen molar-refractivity contribution in [2.75, 3.05) is 16.2 Å². The highest BCUT2D eigenvalue weighted by Gasteiger charge is 2.37. The monoisotopic (exact) mass is 664 g/mol. The minimum Gasteiger partial charge on any atom is -0.383 e. The summed E-state index contributed by atoms with van der Waals surface area (Å²) in [4.78, 5) is 0. The van der Waals surface area contributed by atoms with Gasteiger partial charge in [0, 0.05) is 21.9 Å². The number of hydrogen-bond donors (Lipinski definition) is 2. The van der Waals surface area contributed by atoms with E-state index in [-0.39, 0.29) is 10.8 Å².